The summed E-state index contributed by atoms with van der Waals surface area (Å²) in [6.07, 6.45) is 0. The van der Waals surface area contributed by atoms with Crippen LogP contribution in [0.25, 0.3) is 10.8 Å². The van der Waals surface area contributed by atoms with Crippen LogP contribution in [0.3, 0.4) is 0 Å². The molecule has 0 fully saturated rings. The SMILES string of the molecule is COc1cc(CNC(=O)COc2ccc3ccccc3c2Br)cc(OC)c1OC. The van der Waals surface area contributed by atoms with E-state index in [1.807, 2.05) is 36.4 Å². The Balaban J connectivity index is 1.63. The molecule has 0 aliphatic rings. The Kier molecular flexibility index (Phi) is 6.82. The lowest BCUT2D eigenvalue weighted by molar-refractivity contribution is -0.123. The summed E-state index contributed by atoms with van der Waals surface area (Å²) in [5, 5.41) is 4.96. The predicted molar refractivity (Wildman–Crippen MR) is 115 cm³/mol. The molecule has 0 aromatic heterocycles. The van der Waals surface area contributed by atoms with Gasteiger partial charge in [0.25, 0.3) is 5.91 Å². The molecular weight excluding hydrogens is 438 g/mol. The molecular formula is C22H22BrNO5. The molecule has 3 rings (SSSR count). The van der Waals surface area contributed by atoms with E-state index in [0.717, 1.165) is 20.8 Å². The Morgan fingerprint density at radius 2 is 1.62 bits per heavy atom. The lowest BCUT2D eigenvalue weighted by Crippen LogP contribution is -2.28. The Bertz CT molecular complexity index is 996. The van der Waals surface area contributed by atoms with Crippen molar-refractivity contribution in [1.82, 2.24) is 5.32 Å². The van der Waals surface area contributed by atoms with Crippen molar-refractivity contribution in [3.8, 4) is 23.0 Å². The van der Waals surface area contributed by atoms with Gasteiger partial charge in [0, 0.05) is 6.54 Å². The van der Waals surface area contributed by atoms with E-state index in [1.165, 1.54) is 0 Å². The Hall–Kier alpha value is -2.93. The fraction of sp³-hybridized carbons (Fsp3) is 0.227. The summed E-state index contributed by atoms with van der Waals surface area (Å²) < 4.78 is 22.5. The van der Waals surface area contributed by atoms with Crippen molar-refractivity contribution < 1.29 is 23.7 Å². The van der Waals surface area contributed by atoms with Gasteiger partial charge in [-0.3, -0.25) is 4.79 Å². The number of amides is 1. The molecule has 29 heavy (non-hydrogen) atoms. The number of ether oxygens (including phenoxy) is 4. The van der Waals surface area contributed by atoms with E-state index >= 15 is 0 Å². The number of carbonyl (C=O) groups is 1. The third kappa shape index (κ3) is 4.74. The van der Waals surface area contributed by atoms with E-state index in [1.54, 1.807) is 33.5 Å². The van der Waals surface area contributed by atoms with Gasteiger partial charge in [0.15, 0.2) is 18.1 Å². The monoisotopic (exact) mass is 459 g/mol. The zero-order chi connectivity index (χ0) is 20.8. The second-order valence-electron chi connectivity index (χ2n) is 6.20. The number of hydrogen-bond donors (Lipinski definition) is 1. The lowest BCUT2D eigenvalue weighted by Gasteiger charge is -2.15. The number of nitrogens with one attached hydrogen (secondary N) is 1. The predicted octanol–water partition coefficient (Wildman–Crippen LogP) is 4.32. The molecule has 0 heterocycles. The molecule has 0 saturated carbocycles. The average molecular weight is 460 g/mol. The number of methoxy groups -OCH3 is 3. The van der Waals surface area contributed by atoms with E-state index in [2.05, 4.69) is 21.2 Å². The van der Waals surface area contributed by atoms with Crippen molar-refractivity contribution in [1.29, 1.82) is 0 Å². The van der Waals surface area contributed by atoms with Crippen LogP contribution in [0.1, 0.15) is 5.56 Å². The molecule has 152 valence electrons. The molecule has 0 bridgehead atoms. The molecule has 3 aromatic rings. The molecule has 0 aliphatic heterocycles. The standard InChI is InChI=1S/C22H22BrNO5/c1-26-18-10-14(11-19(27-2)22(18)28-3)12-24-20(25)13-29-17-9-8-15-6-4-5-7-16(15)21(17)23/h4-11H,12-13H2,1-3H3,(H,24,25). The molecule has 6 nitrogen and oxygen atoms in total. The minimum absolute atomic E-state index is 0.0959. The third-order valence-electron chi connectivity index (χ3n) is 4.40. The second kappa shape index (κ2) is 9.52. The number of fused-ring (bicyclic) bond motifs is 1. The van der Waals surface area contributed by atoms with Gasteiger partial charge in [-0.05, 0) is 50.5 Å². The third-order valence-corrected chi connectivity index (χ3v) is 5.22. The van der Waals surface area contributed by atoms with Crippen LogP contribution in [0, 0.1) is 0 Å². The molecule has 7 heteroatoms. The fourth-order valence-corrected chi connectivity index (χ4v) is 3.57. The molecule has 0 atom stereocenters. The molecule has 0 spiro atoms. The number of halogens is 1. The van der Waals surface area contributed by atoms with Crippen molar-refractivity contribution in [2.24, 2.45) is 0 Å². The molecule has 0 aliphatic carbocycles. The summed E-state index contributed by atoms with van der Waals surface area (Å²) in [5.41, 5.74) is 0.819. The van der Waals surface area contributed by atoms with E-state index in [-0.39, 0.29) is 12.5 Å². The van der Waals surface area contributed by atoms with Crippen molar-refractivity contribution in [3.63, 3.8) is 0 Å². The van der Waals surface area contributed by atoms with Crippen LogP contribution in [0.5, 0.6) is 23.0 Å². The largest absolute Gasteiger partial charge is 0.493 e. The van der Waals surface area contributed by atoms with Gasteiger partial charge in [0.05, 0.1) is 25.8 Å². The van der Waals surface area contributed by atoms with Gasteiger partial charge >= 0.3 is 0 Å². The van der Waals surface area contributed by atoms with E-state index < -0.39 is 0 Å². The van der Waals surface area contributed by atoms with Crippen LogP contribution < -0.4 is 24.3 Å². The maximum Gasteiger partial charge on any atom is 0.258 e. The highest BCUT2D eigenvalue weighted by atomic mass is 79.9. The van der Waals surface area contributed by atoms with Crippen molar-refractivity contribution in [3.05, 3.63) is 58.6 Å². The zero-order valence-corrected chi connectivity index (χ0v) is 18.0. The van der Waals surface area contributed by atoms with Gasteiger partial charge in [-0.15, -0.1) is 0 Å². The number of benzene rings is 3. The minimum atomic E-state index is -0.237. The Morgan fingerprint density at radius 1 is 0.931 bits per heavy atom. The highest BCUT2D eigenvalue weighted by Gasteiger charge is 2.14. The number of hydrogen-bond acceptors (Lipinski definition) is 5. The number of carbonyl (C=O) groups excluding carboxylic acids is 1. The van der Waals surface area contributed by atoms with Gasteiger partial charge in [0.1, 0.15) is 5.75 Å². The van der Waals surface area contributed by atoms with E-state index in [9.17, 15) is 4.79 Å². The zero-order valence-electron chi connectivity index (χ0n) is 16.5. The van der Waals surface area contributed by atoms with Crippen LogP contribution in [0.4, 0.5) is 0 Å². The molecule has 1 N–H and O–H groups in total. The van der Waals surface area contributed by atoms with Crippen LogP contribution in [0.15, 0.2) is 53.0 Å². The van der Waals surface area contributed by atoms with Crippen LogP contribution in [-0.2, 0) is 11.3 Å². The van der Waals surface area contributed by atoms with Gasteiger partial charge in [0.2, 0.25) is 5.75 Å². The summed E-state index contributed by atoms with van der Waals surface area (Å²) in [6.45, 7) is 0.208. The highest BCUT2D eigenvalue weighted by molar-refractivity contribution is 9.10. The molecule has 0 radical (unpaired) electrons. The quantitative estimate of drug-likeness (QED) is 0.543. The smallest absolute Gasteiger partial charge is 0.258 e. The molecule has 3 aromatic carbocycles. The van der Waals surface area contributed by atoms with Gasteiger partial charge < -0.3 is 24.3 Å². The van der Waals surface area contributed by atoms with Crippen LogP contribution >= 0.6 is 15.9 Å². The summed E-state index contributed by atoms with van der Waals surface area (Å²) in [6, 6.07) is 15.4. The lowest BCUT2D eigenvalue weighted by atomic mass is 10.1. The van der Waals surface area contributed by atoms with Gasteiger partial charge in [-0.2, -0.15) is 0 Å². The topological polar surface area (TPSA) is 66.0 Å². The van der Waals surface area contributed by atoms with Gasteiger partial charge in [-0.25, -0.2) is 0 Å². The number of rotatable bonds is 8. The molecule has 0 unspecified atom stereocenters. The fourth-order valence-electron chi connectivity index (χ4n) is 2.96. The normalized spacial score (nSPS) is 10.5. The van der Waals surface area contributed by atoms with E-state index in [0.29, 0.717) is 29.5 Å². The van der Waals surface area contributed by atoms with E-state index in [4.69, 9.17) is 18.9 Å². The maximum atomic E-state index is 12.3. The first kappa shape index (κ1) is 20.8. The molecule has 1 amide bonds. The first-order valence-electron chi connectivity index (χ1n) is 8.93. The minimum Gasteiger partial charge on any atom is -0.493 e. The summed E-state index contributed by atoms with van der Waals surface area (Å²) in [5.74, 6) is 1.96. The van der Waals surface area contributed by atoms with Crippen molar-refractivity contribution in [2.75, 3.05) is 27.9 Å². The summed E-state index contributed by atoms with van der Waals surface area (Å²) in [7, 11) is 4.65. The maximum absolute atomic E-state index is 12.3. The first-order chi connectivity index (χ1) is 14.1. The first-order valence-corrected chi connectivity index (χ1v) is 9.72. The second-order valence-corrected chi connectivity index (χ2v) is 6.99. The summed E-state index contributed by atoms with van der Waals surface area (Å²) in [4.78, 5) is 12.3. The summed E-state index contributed by atoms with van der Waals surface area (Å²) >= 11 is 3.56. The highest BCUT2D eigenvalue weighted by Crippen LogP contribution is 2.38. The van der Waals surface area contributed by atoms with Gasteiger partial charge in [-0.1, -0.05) is 30.3 Å². The van der Waals surface area contributed by atoms with Crippen molar-refractivity contribution >= 4 is 32.6 Å². The Morgan fingerprint density at radius 3 is 2.28 bits per heavy atom. The molecule has 0 saturated heterocycles. The van der Waals surface area contributed by atoms with Crippen molar-refractivity contribution in [2.45, 2.75) is 6.54 Å². The van der Waals surface area contributed by atoms with Crippen LogP contribution in [-0.4, -0.2) is 33.8 Å². The average Bonchev–Trinajstić information content (AvgIpc) is 2.76. The van der Waals surface area contributed by atoms with Crippen LogP contribution in [0.2, 0.25) is 0 Å². The Labute approximate surface area is 177 Å².